The smallest absolute Gasteiger partial charge is 0.326 e. The lowest BCUT2D eigenvalue weighted by molar-refractivity contribution is -0.143. The zero-order valence-corrected chi connectivity index (χ0v) is 14.1. The summed E-state index contributed by atoms with van der Waals surface area (Å²) in [5.74, 6) is -0.414. The molecule has 5 heteroatoms. The van der Waals surface area contributed by atoms with E-state index in [0.717, 1.165) is 32.9 Å². The van der Waals surface area contributed by atoms with Crippen LogP contribution in [-0.4, -0.2) is 22.1 Å². The first-order valence-electron chi connectivity index (χ1n) is 8.29. The number of hydrogen-bond donors (Lipinski definition) is 1. The topological polar surface area (TPSA) is 64.1 Å². The number of hydrogen-bond acceptors (Lipinski definition) is 3. The Morgan fingerprint density at radius 3 is 2.64 bits per heavy atom. The predicted molar refractivity (Wildman–Crippen MR) is 98.9 cm³/mol. The van der Waals surface area contributed by atoms with Crippen molar-refractivity contribution in [1.82, 2.24) is 9.55 Å². The number of aromatic amines is 1. The molecule has 25 heavy (non-hydrogen) atoms. The van der Waals surface area contributed by atoms with E-state index >= 15 is 0 Å². The van der Waals surface area contributed by atoms with Gasteiger partial charge in [-0.25, -0.2) is 0 Å². The largest absolute Gasteiger partial charge is 0.465 e. The molecule has 0 saturated carbocycles. The first-order chi connectivity index (χ1) is 12.1. The molecule has 2 aromatic carbocycles. The van der Waals surface area contributed by atoms with Crippen molar-refractivity contribution in [3.8, 4) is 0 Å². The molecule has 1 N–H and O–H groups in total. The molecule has 0 radical (unpaired) electrons. The molecule has 2 aromatic heterocycles. The number of H-pyrrole nitrogens is 1. The van der Waals surface area contributed by atoms with Gasteiger partial charge in [-0.2, -0.15) is 0 Å². The zero-order valence-electron chi connectivity index (χ0n) is 14.1. The molecular weight excluding hydrogens is 316 g/mol. The van der Waals surface area contributed by atoms with Crippen molar-refractivity contribution in [2.45, 2.75) is 20.4 Å². The van der Waals surface area contributed by atoms with Crippen molar-refractivity contribution < 1.29 is 9.53 Å². The van der Waals surface area contributed by atoms with Gasteiger partial charge in [0.1, 0.15) is 6.54 Å². The quantitative estimate of drug-likeness (QED) is 0.583. The summed E-state index contributed by atoms with van der Waals surface area (Å²) in [4.78, 5) is 28.5. The average molecular weight is 334 g/mol. The molecule has 0 aliphatic heterocycles. The molecule has 0 fully saturated rings. The Morgan fingerprint density at radius 1 is 1.12 bits per heavy atom. The highest BCUT2D eigenvalue weighted by molar-refractivity contribution is 6.15. The van der Waals surface area contributed by atoms with Crippen LogP contribution in [0.15, 0.2) is 47.3 Å². The van der Waals surface area contributed by atoms with Crippen LogP contribution in [0.3, 0.4) is 0 Å². The van der Waals surface area contributed by atoms with Gasteiger partial charge in [-0.05, 0) is 32.0 Å². The Balaban J connectivity index is 2.17. The van der Waals surface area contributed by atoms with Crippen LogP contribution in [-0.2, 0) is 16.1 Å². The van der Waals surface area contributed by atoms with E-state index in [1.807, 2.05) is 43.3 Å². The summed E-state index contributed by atoms with van der Waals surface area (Å²) in [5, 5.41) is 2.38. The summed E-state index contributed by atoms with van der Waals surface area (Å²) in [6.07, 6.45) is 0. The molecular formula is C20H18N2O3. The molecule has 126 valence electrons. The highest BCUT2D eigenvalue weighted by Gasteiger charge is 2.17. The van der Waals surface area contributed by atoms with Crippen LogP contribution in [0.1, 0.15) is 12.5 Å². The first-order valence-corrected chi connectivity index (χ1v) is 8.29. The van der Waals surface area contributed by atoms with Gasteiger partial charge in [-0.15, -0.1) is 0 Å². The Bertz CT molecular complexity index is 1180. The van der Waals surface area contributed by atoms with Crippen LogP contribution < -0.4 is 5.56 Å². The number of fused-ring (bicyclic) bond motifs is 5. The van der Waals surface area contributed by atoms with E-state index < -0.39 is 5.97 Å². The van der Waals surface area contributed by atoms with E-state index in [-0.39, 0.29) is 18.7 Å². The minimum atomic E-state index is -0.414. The van der Waals surface area contributed by atoms with E-state index in [4.69, 9.17) is 4.74 Å². The normalized spacial score (nSPS) is 11.4. The van der Waals surface area contributed by atoms with Gasteiger partial charge in [0.25, 0.3) is 5.56 Å². The van der Waals surface area contributed by atoms with Crippen molar-refractivity contribution in [1.29, 1.82) is 0 Å². The number of esters is 1. The van der Waals surface area contributed by atoms with Crippen LogP contribution in [0.25, 0.3) is 32.7 Å². The van der Waals surface area contributed by atoms with Gasteiger partial charge in [-0.1, -0.05) is 29.8 Å². The van der Waals surface area contributed by atoms with Gasteiger partial charge >= 0.3 is 5.97 Å². The fourth-order valence-electron chi connectivity index (χ4n) is 3.39. The molecule has 0 unspecified atom stereocenters. The minimum absolute atomic E-state index is 0.102. The van der Waals surface area contributed by atoms with Crippen molar-refractivity contribution in [3.05, 3.63) is 58.4 Å². The molecule has 0 bridgehead atoms. The highest BCUT2D eigenvalue weighted by Crippen LogP contribution is 2.30. The van der Waals surface area contributed by atoms with Crippen LogP contribution in [0.4, 0.5) is 0 Å². The second-order valence-corrected chi connectivity index (χ2v) is 6.14. The molecule has 0 amide bonds. The zero-order chi connectivity index (χ0) is 17.6. The van der Waals surface area contributed by atoms with Crippen molar-refractivity contribution in [3.63, 3.8) is 0 Å². The maximum Gasteiger partial charge on any atom is 0.326 e. The predicted octanol–water partition coefficient (Wildman–Crippen LogP) is 3.51. The molecule has 0 saturated heterocycles. The van der Waals surface area contributed by atoms with Crippen LogP contribution in [0.2, 0.25) is 0 Å². The fraction of sp³-hybridized carbons (Fsp3) is 0.200. The van der Waals surface area contributed by atoms with E-state index in [1.54, 1.807) is 13.0 Å². The number of aryl methyl sites for hydroxylation is 1. The summed E-state index contributed by atoms with van der Waals surface area (Å²) in [7, 11) is 0. The molecule has 2 heterocycles. The van der Waals surface area contributed by atoms with Gasteiger partial charge in [-0.3, -0.25) is 14.2 Å². The molecule has 0 aliphatic carbocycles. The van der Waals surface area contributed by atoms with Crippen molar-refractivity contribution in [2.75, 3.05) is 6.61 Å². The lowest BCUT2D eigenvalue weighted by Gasteiger charge is -2.10. The van der Waals surface area contributed by atoms with Crippen molar-refractivity contribution in [2.24, 2.45) is 0 Å². The van der Waals surface area contributed by atoms with Crippen LogP contribution in [0.5, 0.6) is 0 Å². The van der Waals surface area contributed by atoms with Crippen LogP contribution in [0, 0.1) is 6.92 Å². The molecule has 4 rings (SSSR count). The number of nitrogens with zero attached hydrogens (tertiary/aromatic N) is 1. The Labute approximate surface area is 143 Å². The number of pyridine rings is 1. The molecule has 4 aromatic rings. The van der Waals surface area contributed by atoms with Gasteiger partial charge in [0, 0.05) is 21.7 Å². The third kappa shape index (κ3) is 2.39. The standard InChI is InChI=1S/C20H18N2O3/c1-3-25-17(23)11-22-19-15-10-12(2)8-9-16(15)21-18(19)13-6-4-5-7-14(13)20(22)24/h4-10,21H,3,11H2,1-2H3. The van der Waals surface area contributed by atoms with E-state index in [9.17, 15) is 9.59 Å². The van der Waals surface area contributed by atoms with E-state index in [2.05, 4.69) is 4.98 Å². The molecule has 0 spiro atoms. The van der Waals surface area contributed by atoms with Gasteiger partial charge < -0.3 is 9.72 Å². The van der Waals surface area contributed by atoms with E-state index in [0.29, 0.717) is 5.39 Å². The number of ether oxygens (including phenoxy) is 1. The summed E-state index contributed by atoms with van der Waals surface area (Å²) in [6, 6.07) is 13.5. The monoisotopic (exact) mass is 334 g/mol. The maximum atomic E-state index is 13.1. The second kappa shape index (κ2) is 5.77. The Morgan fingerprint density at radius 2 is 1.88 bits per heavy atom. The number of rotatable bonds is 3. The molecule has 0 aliphatic rings. The van der Waals surface area contributed by atoms with Crippen molar-refractivity contribution >= 4 is 38.7 Å². The summed E-state index contributed by atoms with van der Waals surface area (Å²) >= 11 is 0. The number of carbonyl (C=O) groups is 1. The van der Waals surface area contributed by atoms with Gasteiger partial charge in [0.2, 0.25) is 0 Å². The summed E-state index contributed by atoms with van der Waals surface area (Å²) in [5.41, 5.74) is 3.46. The molecule has 0 atom stereocenters. The Hall–Kier alpha value is -3.08. The number of aromatic nitrogens is 2. The fourth-order valence-corrected chi connectivity index (χ4v) is 3.39. The lowest BCUT2D eigenvalue weighted by atomic mass is 10.1. The van der Waals surface area contributed by atoms with E-state index in [1.165, 1.54) is 4.57 Å². The minimum Gasteiger partial charge on any atom is -0.465 e. The van der Waals surface area contributed by atoms with Gasteiger partial charge in [0.05, 0.1) is 17.6 Å². The second-order valence-electron chi connectivity index (χ2n) is 6.14. The van der Waals surface area contributed by atoms with Crippen LogP contribution >= 0.6 is 0 Å². The lowest BCUT2D eigenvalue weighted by Crippen LogP contribution is -2.25. The number of carbonyl (C=O) groups excluding carboxylic acids is 1. The third-order valence-corrected chi connectivity index (χ3v) is 4.46. The summed E-state index contributed by atoms with van der Waals surface area (Å²) in [6.45, 7) is 3.95. The summed E-state index contributed by atoms with van der Waals surface area (Å²) < 4.78 is 6.59. The average Bonchev–Trinajstić information content (AvgIpc) is 2.97. The first kappa shape index (κ1) is 15.4. The number of nitrogens with one attached hydrogen (secondary N) is 1. The third-order valence-electron chi connectivity index (χ3n) is 4.46. The van der Waals surface area contributed by atoms with Gasteiger partial charge in [0.15, 0.2) is 0 Å². The molecule has 5 nitrogen and oxygen atoms in total. The SMILES string of the molecule is CCOC(=O)Cn1c(=O)c2ccccc2c2[nH]c3ccc(C)cc3c21. The number of benzene rings is 2. The Kier molecular flexibility index (Phi) is 3.57. The highest BCUT2D eigenvalue weighted by atomic mass is 16.5. The maximum absolute atomic E-state index is 13.1.